The minimum absolute atomic E-state index is 0.288. The molecule has 23 heavy (non-hydrogen) atoms. The molecule has 1 atom stereocenters. The molecule has 0 saturated heterocycles. The number of hydrogen-bond donors (Lipinski definition) is 2. The van der Waals surface area contributed by atoms with Gasteiger partial charge >= 0.3 is 12.3 Å². The molecule has 1 rings (SSSR count). The van der Waals surface area contributed by atoms with Gasteiger partial charge in [0.05, 0.1) is 5.56 Å². The zero-order chi connectivity index (χ0) is 17.7. The van der Waals surface area contributed by atoms with E-state index in [-0.39, 0.29) is 12.6 Å². The molecule has 0 heterocycles. The molecule has 0 aliphatic rings. The van der Waals surface area contributed by atoms with Crippen molar-refractivity contribution in [3.05, 3.63) is 35.4 Å². The summed E-state index contributed by atoms with van der Waals surface area (Å²) in [7, 11) is 1.67. The first kappa shape index (κ1) is 19.3. The first-order valence-electron chi connectivity index (χ1n) is 7.34. The number of ether oxygens (including phenoxy) is 1. The highest BCUT2D eigenvalue weighted by Gasteiger charge is 2.30. The summed E-state index contributed by atoms with van der Waals surface area (Å²) in [6.07, 6.45) is -4.48. The van der Waals surface area contributed by atoms with Crippen LogP contribution in [0.1, 0.15) is 44.4 Å². The number of hydrogen-bond acceptors (Lipinski definition) is 3. The minimum atomic E-state index is -4.37. The third kappa shape index (κ3) is 6.90. The van der Waals surface area contributed by atoms with Gasteiger partial charge in [0.2, 0.25) is 0 Å². The zero-order valence-corrected chi connectivity index (χ0v) is 13.8. The van der Waals surface area contributed by atoms with E-state index in [4.69, 9.17) is 4.74 Å². The highest BCUT2D eigenvalue weighted by Crippen LogP contribution is 2.31. The Balaban J connectivity index is 2.63. The van der Waals surface area contributed by atoms with Crippen LogP contribution in [0.4, 0.5) is 18.0 Å². The van der Waals surface area contributed by atoms with Crippen LogP contribution in [0.5, 0.6) is 0 Å². The van der Waals surface area contributed by atoms with E-state index in [0.29, 0.717) is 12.0 Å². The number of rotatable bonds is 5. The number of alkyl halides is 3. The van der Waals surface area contributed by atoms with Gasteiger partial charge in [-0.15, -0.1) is 0 Å². The maximum Gasteiger partial charge on any atom is 0.416 e. The summed E-state index contributed by atoms with van der Waals surface area (Å²) in [5.74, 6) is 0. The molecule has 0 spiro atoms. The number of alkyl carbamates (subject to hydrolysis) is 1. The molecule has 0 aliphatic heterocycles. The molecule has 0 saturated carbocycles. The van der Waals surface area contributed by atoms with Crippen LogP contribution in [0.25, 0.3) is 0 Å². The molecule has 0 bridgehead atoms. The monoisotopic (exact) mass is 332 g/mol. The van der Waals surface area contributed by atoms with Crippen LogP contribution in [0.2, 0.25) is 0 Å². The van der Waals surface area contributed by atoms with Crippen molar-refractivity contribution in [3.63, 3.8) is 0 Å². The molecular formula is C16H23F3N2O2. The zero-order valence-electron chi connectivity index (χ0n) is 13.8. The molecule has 1 aromatic carbocycles. The van der Waals surface area contributed by atoms with Gasteiger partial charge in [0.15, 0.2) is 0 Å². The van der Waals surface area contributed by atoms with E-state index in [1.165, 1.54) is 6.07 Å². The smallest absolute Gasteiger partial charge is 0.416 e. The van der Waals surface area contributed by atoms with E-state index in [1.54, 1.807) is 33.9 Å². The average Bonchev–Trinajstić information content (AvgIpc) is 2.41. The Morgan fingerprint density at radius 2 is 1.91 bits per heavy atom. The average molecular weight is 332 g/mol. The van der Waals surface area contributed by atoms with Crippen LogP contribution in [0, 0.1) is 0 Å². The molecule has 0 fully saturated rings. The van der Waals surface area contributed by atoms with Crippen LogP contribution < -0.4 is 10.6 Å². The van der Waals surface area contributed by atoms with Crippen LogP contribution in [-0.4, -0.2) is 25.3 Å². The summed E-state index contributed by atoms with van der Waals surface area (Å²) in [5, 5.41) is 5.55. The van der Waals surface area contributed by atoms with E-state index in [2.05, 4.69) is 10.6 Å². The van der Waals surface area contributed by atoms with Crippen molar-refractivity contribution in [2.24, 2.45) is 0 Å². The van der Waals surface area contributed by atoms with Gasteiger partial charge in [0.1, 0.15) is 5.60 Å². The molecule has 1 aromatic rings. The van der Waals surface area contributed by atoms with Crippen molar-refractivity contribution >= 4 is 6.09 Å². The lowest BCUT2D eigenvalue weighted by molar-refractivity contribution is -0.137. The number of carbonyl (C=O) groups excluding carboxylic acids is 1. The van der Waals surface area contributed by atoms with Gasteiger partial charge in [-0.1, -0.05) is 12.1 Å². The lowest BCUT2D eigenvalue weighted by atomic mass is 10.0. The van der Waals surface area contributed by atoms with Gasteiger partial charge < -0.3 is 15.4 Å². The third-order valence-electron chi connectivity index (χ3n) is 3.07. The quantitative estimate of drug-likeness (QED) is 0.860. The predicted molar refractivity (Wildman–Crippen MR) is 82.1 cm³/mol. The second-order valence-electron chi connectivity index (χ2n) is 6.18. The lowest BCUT2D eigenvalue weighted by Gasteiger charge is -2.21. The molecule has 4 nitrogen and oxygen atoms in total. The molecule has 0 unspecified atom stereocenters. The van der Waals surface area contributed by atoms with Crippen molar-refractivity contribution in [1.29, 1.82) is 0 Å². The molecule has 0 radical (unpaired) electrons. The predicted octanol–water partition coefficient (Wildman–Crippen LogP) is 3.88. The first-order chi connectivity index (χ1) is 10.5. The fourth-order valence-electron chi connectivity index (χ4n) is 2.04. The lowest BCUT2D eigenvalue weighted by Crippen LogP contribution is -2.34. The van der Waals surface area contributed by atoms with Gasteiger partial charge in [-0.2, -0.15) is 13.2 Å². The Labute approximate surface area is 134 Å². The van der Waals surface area contributed by atoms with Crippen LogP contribution in [0.15, 0.2) is 24.3 Å². The molecule has 2 N–H and O–H groups in total. The van der Waals surface area contributed by atoms with E-state index < -0.39 is 23.4 Å². The van der Waals surface area contributed by atoms with Gasteiger partial charge in [-0.25, -0.2) is 4.79 Å². The molecular weight excluding hydrogens is 309 g/mol. The fourth-order valence-corrected chi connectivity index (χ4v) is 2.04. The second-order valence-corrected chi connectivity index (χ2v) is 6.18. The minimum Gasteiger partial charge on any atom is -0.444 e. The first-order valence-corrected chi connectivity index (χ1v) is 7.34. The third-order valence-corrected chi connectivity index (χ3v) is 3.07. The van der Waals surface area contributed by atoms with E-state index >= 15 is 0 Å². The summed E-state index contributed by atoms with van der Waals surface area (Å²) < 4.78 is 43.4. The Morgan fingerprint density at radius 3 is 2.43 bits per heavy atom. The number of carbonyl (C=O) groups is 1. The van der Waals surface area contributed by atoms with Crippen molar-refractivity contribution in [2.45, 2.75) is 45.0 Å². The van der Waals surface area contributed by atoms with E-state index in [9.17, 15) is 18.0 Å². The molecule has 1 amide bonds. The standard InChI is InChI=1S/C16H23F3N2O2/c1-15(2,3)23-14(22)21-9-8-13(20-4)11-6-5-7-12(10-11)16(17,18)19/h5-7,10,13,20H,8-9H2,1-4H3,(H,21,22)/t13-/m0/s1. The van der Waals surface area contributed by atoms with E-state index in [1.807, 2.05) is 0 Å². The van der Waals surface area contributed by atoms with Crippen molar-refractivity contribution in [1.82, 2.24) is 10.6 Å². The highest BCUT2D eigenvalue weighted by atomic mass is 19.4. The summed E-state index contributed by atoms with van der Waals surface area (Å²) in [6.45, 7) is 5.56. The summed E-state index contributed by atoms with van der Waals surface area (Å²) in [5.41, 5.74) is -0.753. The van der Waals surface area contributed by atoms with Crippen LogP contribution in [-0.2, 0) is 10.9 Å². The summed E-state index contributed by atoms with van der Waals surface area (Å²) >= 11 is 0. The maximum atomic E-state index is 12.8. The molecule has 130 valence electrons. The van der Waals surface area contributed by atoms with Crippen molar-refractivity contribution in [2.75, 3.05) is 13.6 Å². The van der Waals surface area contributed by atoms with Crippen molar-refractivity contribution in [3.8, 4) is 0 Å². The maximum absolute atomic E-state index is 12.8. The Kier molecular flexibility index (Phi) is 6.44. The van der Waals surface area contributed by atoms with Crippen LogP contribution >= 0.6 is 0 Å². The summed E-state index contributed by atoms with van der Waals surface area (Å²) in [6, 6.07) is 4.87. The number of amides is 1. The van der Waals surface area contributed by atoms with Crippen molar-refractivity contribution < 1.29 is 22.7 Å². The fraction of sp³-hybridized carbons (Fsp3) is 0.562. The Morgan fingerprint density at radius 1 is 1.26 bits per heavy atom. The molecule has 0 aromatic heterocycles. The van der Waals surface area contributed by atoms with E-state index in [0.717, 1.165) is 12.1 Å². The Bertz CT molecular complexity index is 525. The number of nitrogens with one attached hydrogen (secondary N) is 2. The Hall–Kier alpha value is -1.76. The number of benzene rings is 1. The normalized spacial score (nSPS) is 13.5. The molecule has 7 heteroatoms. The topological polar surface area (TPSA) is 50.4 Å². The number of halogens is 3. The SMILES string of the molecule is CN[C@@H](CCNC(=O)OC(C)(C)C)c1cccc(C(F)(F)F)c1. The summed E-state index contributed by atoms with van der Waals surface area (Å²) in [4.78, 5) is 11.5. The van der Waals surface area contributed by atoms with Gasteiger partial charge in [0, 0.05) is 12.6 Å². The van der Waals surface area contributed by atoms with Gasteiger partial charge in [-0.3, -0.25) is 0 Å². The highest BCUT2D eigenvalue weighted by molar-refractivity contribution is 5.67. The second kappa shape index (κ2) is 7.68. The van der Waals surface area contributed by atoms with Gasteiger partial charge in [0.25, 0.3) is 0 Å². The van der Waals surface area contributed by atoms with Gasteiger partial charge in [-0.05, 0) is 51.9 Å². The molecule has 0 aliphatic carbocycles. The van der Waals surface area contributed by atoms with Crippen LogP contribution in [0.3, 0.4) is 0 Å². The largest absolute Gasteiger partial charge is 0.444 e.